The van der Waals surface area contributed by atoms with E-state index in [4.69, 9.17) is 5.73 Å². The lowest BCUT2D eigenvalue weighted by atomic mass is 9.96. The molecular weight excluding hydrogens is 124 g/mol. The first-order chi connectivity index (χ1) is 4.66. The molecule has 0 spiro atoms. The van der Waals surface area contributed by atoms with Crippen molar-refractivity contribution >= 4 is 0 Å². The van der Waals surface area contributed by atoms with E-state index in [9.17, 15) is 0 Å². The summed E-state index contributed by atoms with van der Waals surface area (Å²) in [5.41, 5.74) is 6.07. The van der Waals surface area contributed by atoms with E-state index in [1.54, 1.807) is 0 Å². The molecule has 1 fully saturated rings. The van der Waals surface area contributed by atoms with Crippen LogP contribution in [-0.2, 0) is 0 Å². The van der Waals surface area contributed by atoms with E-state index in [0.717, 1.165) is 25.9 Å². The first-order valence-electron chi connectivity index (χ1n) is 3.75. The van der Waals surface area contributed by atoms with Gasteiger partial charge in [-0.1, -0.05) is 6.08 Å². The van der Waals surface area contributed by atoms with Crippen LogP contribution in [0.15, 0.2) is 12.7 Å². The maximum atomic E-state index is 6.05. The lowest BCUT2D eigenvalue weighted by molar-refractivity contribution is 0.369. The predicted molar refractivity (Wildman–Crippen MR) is 43.8 cm³/mol. The Hall–Kier alpha value is -0.340. The highest BCUT2D eigenvalue weighted by Gasteiger charge is 2.30. The van der Waals surface area contributed by atoms with Crippen LogP contribution in [0.2, 0.25) is 0 Å². The number of nitrogens with zero attached hydrogens (tertiary/aromatic N) is 1. The Labute approximate surface area is 62.7 Å². The van der Waals surface area contributed by atoms with Gasteiger partial charge in [0.25, 0.3) is 0 Å². The third kappa shape index (κ3) is 1.58. The summed E-state index contributed by atoms with van der Waals surface area (Å²) in [6.07, 6.45) is 3.96. The van der Waals surface area contributed by atoms with Crippen molar-refractivity contribution in [1.29, 1.82) is 0 Å². The van der Waals surface area contributed by atoms with Gasteiger partial charge in [0.15, 0.2) is 0 Å². The van der Waals surface area contributed by atoms with Crippen molar-refractivity contribution < 1.29 is 0 Å². The Bertz CT molecular complexity index is 133. The molecule has 0 bridgehead atoms. The summed E-state index contributed by atoms with van der Waals surface area (Å²) in [6, 6.07) is 0. The molecule has 1 saturated heterocycles. The van der Waals surface area contributed by atoms with E-state index in [-0.39, 0.29) is 5.54 Å². The normalized spacial score (nSPS) is 34.6. The van der Waals surface area contributed by atoms with Crippen molar-refractivity contribution in [2.75, 3.05) is 20.1 Å². The molecule has 0 aromatic carbocycles. The summed E-state index contributed by atoms with van der Waals surface area (Å²) in [5, 5.41) is 0. The molecule has 1 heterocycles. The van der Waals surface area contributed by atoms with Gasteiger partial charge in [-0.15, -0.1) is 6.58 Å². The zero-order chi connectivity index (χ0) is 7.61. The zero-order valence-corrected chi connectivity index (χ0v) is 6.64. The lowest BCUT2D eigenvalue weighted by Crippen LogP contribution is -2.41. The van der Waals surface area contributed by atoms with Crippen molar-refractivity contribution in [3.8, 4) is 0 Å². The zero-order valence-electron chi connectivity index (χ0n) is 6.64. The summed E-state index contributed by atoms with van der Waals surface area (Å²) in [5.74, 6) is 0. The molecule has 58 valence electrons. The second-order valence-corrected chi connectivity index (χ2v) is 3.34. The molecule has 0 radical (unpaired) electrons. The molecule has 2 N–H and O–H groups in total. The number of rotatable bonds is 2. The number of hydrogen-bond acceptors (Lipinski definition) is 2. The maximum absolute atomic E-state index is 6.05. The Kier molecular flexibility index (Phi) is 2.11. The molecule has 0 aromatic rings. The minimum absolute atomic E-state index is 0.0243. The quantitative estimate of drug-likeness (QED) is 0.569. The average molecular weight is 140 g/mol. The molecule has 0 saturated carbocycles. The van der Waals surface area contributed by atoms with Crippen LogP contribution in [0.4, 0.5) is 0 Å². The Morgan fingerprint density at radius 1 is 1.80 bits per heavy atom. The van der Waals surface area contributed by atoms with Crippen LogP contribution in [0.5, 0.6) is 0 Å². The molecule has 1 aliphatic rings. The monoisotopic (exact) mass is 140 g/mol. The van der Waals surface area contributed by atoms with E-state index >= 15 is 0 Å². The number of hydrogen-bond donors (Lipinski definition) is 1. The minimum atomic E-state index is 0.0243. The summed E-state index contributed by atoms with van der Waals surface area (Å²) in [6.45, 7) is 5.84. The van der Waals surface area contributed by atoms with E-state index in [1.165, 1.54) is 0 Å². The van der Waals surface area contributed by atoms with Crippen molar-refractivity contribution in [3.63, 3.8) is 0 Å². The fourth-order valence-electron chi connectivity index (χ4n) is 1.56. The predicted octanol–water partition coefficient (Wildman–Crippen LogP) is 0.595. The van der Waals surface area contributed by atoms with Crippen molar-refractivity contribution in [2.45, 2.75) is 18.4 Å². The SMILES string of the molecule is C=CCC1(N)CCN(C)C1. The summed E-state index contributed by atoms with van der Waals surface area (Å²) < 4.78 is 0. The Balaban J connectivity index is 2.45. The summed E-state index contributed by atoms with van der Waals surface area (Å²) in [4.78, 5) is 2.27. The van der Waals surface area contributed by atoms with Gasteiger partial charge in [0.1, 0.15) is 0 Å². The van der Waals surface area contributed by atoms with Crippen molar-refractivity contribution in [2.24, 2.45) is 5.73 Å². The van der Waals surface area contributed by atoms with Gasteiger partial charge in [-0.3, -0.25) is 0 Å². The van der Waals surface area contributed by atoms with Crippen LogP contribution in [-0.4, -0.2) is 30.6 Å². The van der Waals surface area contributed by atoms with Crippen LogP contribution < -0.4 is 5.73 Å². The van der Waals surface area contributed by atoms with E-state index < -0.39 is 0 Å². The van der Waals surface area contributed by atoms with E-state index in [1.807, 2.05) is 6.08 Å². The van der Waals surface area contributed by atoms with Crippen LogP contribution in [0, 0.1) is 0 Å². The molecule has 0 aliphatic carbocycles. The molecule has 0 aromatic heterocycles. The number of nitrogens with two attached hydrogens (primary N) is 1. The average Bonchev–Trinajstić information content (AvgIpc) is 2.12. The molecule has 1 unspecified atom stereocenters. The molecule has 2 heteroatoms. The largest absolute Gasteiger partial charge is 0.324 e. The van der Waals surface area contributed by atoms with Gasteiger partial charge in [-0.05, 0) is 26.4 Å². The van der Waals surface area contributed by atoms with Crippen LogP contribution in [0.25, 0.3) is 0 Å². The molecule has 1 aliphatic heterocycles. The van der Waals surface area contributed by atoms with Gasteiger partial charge >= 0.3 is 0 Å². The summed E-state index contributed by atoms with van der Waals surface area (Å²) in [7, 11) is 2.11. The minimum Gasteiger partial charge on any atom is -0.324 e. The maximum Gasteiger partial charge on any atom is 0.0330 e. The Morgan fingerprint density at radius 3 is 2.90 bits per heavy atom. The fraction of sp³-hybridized carbons (Fsp3) is 0.750. The topological polar surface area (TPSA) is 29.3 Å². The van der Waals surface area contributed by atoms with Gasteiger partial charge in [0, 0.05) is 12.1 Å². The van der Waals surface area contributed by atoms with Gasteiger partial charge in [-0.25, -0.2) is 0 Å². The van der Waals surface area contributed by atoms with Gasteiger partial charge in [-0.2, -0.15) is 0 Å². The molecule has 10 heavy (non-hydrogen) atoms. The second kappa shape index (κ2) is 2.72. The van der Waals surface area contributed by atoms with Crippen LogP contribution in [0.3, 0.4) is 0 Å². The van der Waals surface area contributed by atoms with Gasteiger partial charge in [0.2, 0.25) is 0 Å². The fourth-order valence-corrected chi connectivity index (χ4v) is 1.56. The van der Waals surface area contributed by atoms with E-state index in [2.05, 4.69) is 18.5 Å². The molecule has 2 nitrogen and oxygen atoms in total. The standard InChI is InChI=1S/C8H16N2/c1-3-4-8(9)5-6-10(2)7-8/h3H,1,4-7,9H2,2H3. The van der Waals surface area contributed by atoms with Crippen molar-refractivity contribution in [3.05, 3.63) is 12.7 Å². The highest BCUT2D eigenvalue weighted by Crippen LogP contribution is 2.20. The smallest absolute Gasteiger partial charge is 0.0330 e. The molecule has 0 amide bonds. The van der Waals surface area contributed by atoms with Crippen molar-refractivity contribution in [1.82, 2.24) is 4.90 Å². The van der Waals surface area contributed by atoms with Crippen LogP contribution in [0.1, 0.15) is 12.8 Å². The lowest BCUT2D eigenvalue weighted by Gasteiger charge is -2.21. The first-order valence-corrected chi connectivity index (χ1v) is 3.75. The second-order valence-electron chi connectivity index (χ2n) is 3.34. The third-order valence-electron chi connectivity index (χ3n) is 2.13. The molecular formula is C8H16N2. The van der Waals surface area contributed by atoms with Crippen LogP contribution >= 0.6 is 0 Å². The van der Waals surface area contributed by atoms with Gasteiger partial charge in [0.05, 0.1) is 0 Å². The third-order valence-corrected chi connectivity index (χ3v) is 2.13. The Morgan fingerprint density at radius 2 is 2.50 bits per heavy atom. The highest BCUT2D eigenvalue weighted by atomic mass is 15.2. The van der Waals surface area contributed by atoms with E-state index in [0.29, 0.717) is 0 Å². The number of likely N-dealkylation sites (N-methyl/N-ethyl adjacent to an activating group) is 1. The molecule has 1 atom stereocenters. The highest BCUT2D eigenvalue weighted by molar-refractivity contribution is 4.97. The first kappa shape index (κ1) is 7.76. The number of likely N-dealkylation sites (tertiary alicyclic amines) is 1. The molecule has 1 rings (SSSR count). The van der Waals surface area contributed by atoms with Gasteiger partial charge < -0.3 is 10.6 Å². The summed E-state index contributed by atoms with van der Waals surface area (Å²) >= 11 is 0.